The van der Waals surface area contributed by atoms with Gasteiger partial charge in [0.05, 0.1) is 0 Å². The first-order valence-electron chi connectivity index (χ1n) is 2.22. The first kappa shape index (κ1) is 4.97. The third kappa shape index (κ3) is 0.881. The Bertz CT molecular complexity index is 58.7. The Hall–Kier alpha value is -0.180. The van der Waals surface area contributed by atoms with Crippen molar-refractivity contribution < 1.29 is 8.78 Å². The second-order valence-corrected chi connectivity index (χ2v) is 1.62. The summed E-state index contributed by atoms with van der Waals surface area (Å²) in [5, 5.41) is 3.50. The van der Waals surface area contributed by atoms with Crippen LogP contribution in [0, 0.1) is 0 Å². The molecule has 2 unspecified atom stereocenters. The normalized spacial score (nSPS) is 42.0. The van der Waals surface area contributed by atoms with Crippen LogP contribution in [0.3, 0.4) is 0 Å². The van der Waals surface area contributed by atoms with Crippen molar-refractivity contribution in [1.82, 2.24) is 5.32 Å². The average molecular weight is 106 g/mol. The quantitative estimate of drug-likeness (QED) is 0.421. The zero-order valence-electron chi connectivity index (χ0n) is 3.77. The summed E-state index contributed by atoms with van der Waals surface area (Å²) in [5.74, 6) is 0. The molecule has 0 amide bonds. The molecular formula is C4H6F2N. The zero-order chi connectivity index (χ0) is 5.28. The van der Waals surface area contributed by atoms with Gasteiger partial charge in [0.25, 0.3) is 0 Å². The second-order valence-electron chi connectivity index (χ2n) is 1.62. The molecule has 0 N–H and O–H groups in total. The van der Waals surface area contributed by atoms with E-state index in [2.05, 4.69) is 5.32 Å². The fourth-order valence-corrected chi connectivity index (χ4v) is 0.550. The van der Waals surface area contributed by atoms with E-state index in [4.69, 9.17) is 0 Å². The third-order valence-electron chi connectivity index (χ3n) is 0.999. The lowest BCUT2D eigenvalue weighted by atomic mass is 10.3. The molecule has 1 rings (SSSR count). The SMILES string of the molecule is FC1C[N]CC1F. The molecule has 0 aromatic rings. The summed E-state index contributed by atoms with van der Waals surface area (Å²) < 4.78 is 23.7. The predicted molar refractivity (Wildman–Crippen MR) is 21.7 cm³/mol. The minimum atomic E-state index is -1.32. The van der Waals surface area contributed by atoms with Crippen molar-refractivity contribution in [1.29, 1.82) is 0 Å². The van der Waals surface area contributed by atoms with Gasteiger partial charge in [0, 0.05) is 13.1 Å². The van der Waals surface area contributed by atoms with E-state index in [1.54, 1.807) is 0 Å². The van der Waals surface area contributed by atoms with E-state index in [1.807, 2.05) is 0 Å². The Morgan fingerprint density at radius 1 is 1.14 bits per heavy atom. The number of hydrogen-bond acceptors (Lipinski definition) is 0. The Morgan fingerprint density at radius 3 is 1.71 bits per heavy atom. The monoisotopic (exact) mass is 106 g/mol. The van der Waals surface area contributed by atoms with E-state index in [1.165, 1.54) is 0 Å². The molecule has 1 heterocycles. The van der Waals surface area contributed by atoms with Crippen LogP contribution in [0.25, 0.3) is 0 Å². The van der Waals surface area contributed by atoms with Gasteiger partial charge in [-0.2, -0.15) is 0 Å². The molecule has 0 spiro atoms. The van der Waals surface area contributed by atoms with Crippen LogP contribution in [0.4, 0.5) is 8.78 Å². The van der Waals surface area contributed by atoms with Crippen molar-refractivity contribution in [3.05, 3.63) is 0 Å². The van der Waals surface area contributed by atoms with Crippen LogP contribution < -0.4 is 5.32 Å². The first-order chi connectivity index (χ1) is 3.30. The number of nitrogens with zero attached hydrogens (tertiary/aromatic N) is 1. The Morgan fingerprint density at radius 2 is 1.57 bits per heavy atom. The van der Waals surface area contributed by atoms with E-state index in [0.29, 0.717) is 0 Å². The number of alkyl halides is 2. The fourth-order valence-electron chi connectivity index (χ4n) is 0.550. The maximum atomic E-state index is 11.8. The maximum absolute atomic E-state index is 11.8. The summed E-state index contributed by atoms with van der Waals surface area (Å²) in [6.07, 6.45) is -2.64. The number of rotatable bonds is 0. The van der Waals surface area contributed by atoms with E-state index in [0.717, 1.165) is 0 Å². The lowest BCUT2D eigenvalue weighted by molar-refractivity contribution is 0.217. The fraction of sp³-hybridized carbons (Fsp3) is 1.00. The van der Waals surface area contributed by atoms with Gasteiger partial charge >= 0.3 is 0 Å². The van der Waals surface area contributed by atoms with E-state index in [-0.39, 0.29) is 13.1 Å². The van der Waals surface area contributed by atoms with Crippen molar-refractivity contribution in [2.24, 2.45) is 0 Å². The second kappa shape index (κ2) is 1.74. The van der Waals surface area contributed by atoms with Gasteiger partial charge in [0.1, 0.15) is 12.3 Å². The van der Waals surface area contributed by atoms with Crippen LogP contribution in [0.2, 0.25) is 0 Å². The highest BCUT2D eigenvalue weighted by Gasteiger charge is 2.26. The summed E-state index contributed by atoms with van der Waals surface area (Å²) in [7, 11) is 0. The highest BCUT2D eigenvalue weighted by atomic mass is 19.2. The summed E-state index contributed by atoms with van der Waals surface area (Å²) in [5.41, 5.74) is 0. The number of hydrogen-bond donors (Lipinski definition) is 0. The van der Waals surface area contributed by atoms with Gasteiger partial charge in [0.15, 0.2) is 0 Å². The van der Waals surface area contributed by atoms with Crippen molar-refractivity contribution in [2.75, 3.05) is 13.1 Å². The molecule has 1 aliphatic rings. The summed E-state index contributed by atoms with van der Waals surface area (Å²) in [4.78, 5) is 0. The van der Waals surface area contributed by atoms with E-state index >= 15 is 0 Å². The zero-order valence-corrected chi connectivity index (χ0v) is 3.77. The van der Waals surface area contributed by atoms with Crippen molar-refractivity contribution in [3.63, 3.8) is 0 Å². The Balaban J connectivity index is 2.33. The molecular weight excluding hydrogens is 100 g/mol. The maximum Gasteiger partial charge on any atom is 0.146 e. The third-order valence-corrected chi connectivity index (χ3v) is 0.999. The van der Waals surface area contributed by atoms with Gasteiger partial charge < -0.3 is 0 Å². The largest absolute Gasteiger partial charge is 0.243 e. The van der Waals surface area contributed by atoms with Gasteiger partial charge in [-0.1, -0.05) is 0 Å². The van der Waals surface area contributed by atoms with E-state index < -0.39 is 12.3 Å². The van der Waals surface area contributed by atoms with E-state index in [9.17, 15) is 8.78 Å². The molecule has 1 nitrogen and oxygen atoms in total. The highest BCUT2D eigenvalue weighted by Crippen LogP contribution is 2.07. The smallest absolute Gasteiger partial charge is 0.146 e. The van der Waals surface area contributed by atoms with Gasteiger partial charge in [0.2, 0.25) is 0 Å². The molecule has 1 fully saturated rings. The summed E-state index contributed by atoms with van der Waals surface area (Å²) >= 11 is 0. The van der Waals surface area contributed by atoms with Crippen LogP contribution in [0.1, 0.15) is 0 Å². The molecule has 0 bridgehead atoms. The standard InChI is InChI=1S/C4H6F2N/c5-3-1-7-2-4(3)6/h3-4H,1-2H2. The van der Waals surface area contributed by atoms with Gasteiger partial charge in [-0.25, -0.2) is 14.1 Å². The molecule has 7 heavy (non-hydrogen) atoms. The van der Waals surface area contributed by atoms with Gasteiger partial charge in [-0.15, -0.1) is 0 Å². The molecule has 1 saturated heterocycles. The average Bonchev–Trinajstić information content (AvgIpc) is 1.91. The lowest BCUT2D eigenvalue weighted by Crippen LogP contribution is -2.12. The van der Waals surface area contributed by atoms with Crippen LogP contribution >= 0.6 is 0 Å². The molecule has 2 atom stereocenters. The molecule has 1 radical (unpaired) electrons. The minimum absolute atomic E-state index is 0.0567. The molecule has 0 saturated carbocycles. The molecule has 1 aliphatic heterocycles. The van der Waals surface area contributed by atoms with Crippen LogP contribution in [0.15, 0.2) is 0 Å². The predicted octanol–water partition coefficient (Wildman–Crippen LogP) is 0.281. The van der Waals surface area contributed by atoms with Crippen LogP contribution in [0.5, 0.6) is 0 Å². The summed E-state index contributed by atoms with van der Waals surface area (Å²) in [6.45, 7) is 0.113. The Labute approximate surface area is 40.7 Å². The molecule has 0 aliphatic carbocycles. The molecule has 0 aromatic carbocycles. The summed E-state index contributed by atoms with van der Waals surface area (Å²) in [6, 6.07) is 0. The van der Waals surface area contributed by atoms with Crippen molar-refractivity contribution >= 4 is 0 Å². The topological polar surface area (TPSA) is 14.1 Å². The van der Waals surface area contributed by atoms with Crippen molar-refractivity contribution in [3.8, 4) is 0 Å². The molecule has 0 aromatic heterocycles. The minimum Gasteiger partial charge on any atom is -0.243 e. The Kier molecular flexibility index (Phi) is 1.23. The molecule has 3 heteroatoms. The van der Waals surface area contributed by atoms with Crippen LogP contribution in [-0.2, 0) is 0 Å². The molecule has 41 valence electrons. The number of halogens is 2. The lowest BCUT2D eigenvalue weighted by Gasteiger charge is -1.94. The van der Waals surface area contributed by atoms with Crippen molar-refractivity contribution in [2.45, 2.75) is 12.3 Å². The first-order valence-corrected chi connectivity index (χ1v) is 2.22. The van der Waals surface area contributed by atoms with Gasteiger partial charge in [-0.05, 0) is 0 Å². The highest BCUT2D eigenvalue weighted by molar-refractivity contribution is 4.79. The van der Waals surface area contributed by atoms with Crippen LogP contribution in [-0.4, -0.2) is 25.4 Å². The van der Waals surface area contributed by atoms with Gasteiger partial charge in [-0.3, -0.25) is 0 Å².